The van der Waals surface area contributed by atoms with Gasteiger partial charge in [0, 0.05) is 10.5 Å². The van der Waals surface area contributed by atoms with Gasteiger partial charge in [-0.2, -0.15) is 11.8 Å². The molecule has 0 aromatic rings. The molecule has 1 heteroatoms. The van der Waals surface area contributed by atoms with E-state index in [2.05, 4.69) is 11.8 Å². The lowest BCUT2D eigenvalue weighted by molar-refractivity contribution is 0.255. The maximum atomic E-state index is 2.37. The van der Waals surface area contributed by atoms with Gasteiger partial charge in [0.1, 0.15) is 0 Å². The van der Waals surface area contributed by atoms with Gasteiger partial charge in [-0.15, -0.1) is 0 Å². The van der Waals surface area contributed by atoms with Gasteiger partial charge in [-0.1, -0.05) is 38.5 Å². The van der Waals surface area contributed by atoms with Crippen LogP contribution in [0.5, 0.6) is 0 Å². The first-order valence-corrected chi connectivity index (χ1v) is 9.01. The summed E-state index contributed by atoms with van der Waals surface area (Å²) in [4.78, 5) is 0. The van der Waals surface area contributed by atoms with Gasteiger partial charge in [-0.3, -0.25) is 0 Å². The van der Waals surface area contributed by atoms with Crippen molar-refractivity contribution in [3.8, 4) is 0 Å². The van der Waals surface area contributed by atoms with Crippen LogP contribution in [0.25, 0.3) is 0 Å². The van der Waals surface area contributed by atoms with Crippen LogP contribution >= 0.6 is 11.8 Å². The first-order chi connectivity index (χ1) is 8.42. The monoisotopic (exact) mass is 252 g/mol. The second-order valence-electron chi connectivity index (χ2n) is 6.62. The zero-order chi connectivity index (χ0) is 11.5. The average Bonchev–Trinajstić information content (AvgIpc) is 3.01. The van der Waals surface area contributed by atoms with E-state index >= 15 is 0 Å². The minimum absolute atomic E-state index is 1.04. The van der Waals surface area contributed by atoms with Gasteiger partial charge in [0.2, 0.25) is 0 Å². The summed E-state index contributed by atoms with van der Waals surface area (Å²) in [5, 5.41) is 2.08. The van der Waals surface area contributed by atoms with E-state index in [1.54, 1.807) is 38.5 Å². The molecule has 0 radical (unpaired) electrons. The quantitative estimate of drug-likeness (QED) is 0.647. The highest BCUT2D eigenvalue weighted by atomic mass is 32.2. The van der Waals surface area contributed by atoms with Gasteiger partial charge in [0.25, 0.3) is 0 Å². The molecule has 0 N–H and O–H groups in total. The zero-order valence-corrected chi connectivity index (χ0v) is 12.0. The number of rotatable bonds is 3. The molecule has 0 aromatic carbocycles. The summed E-state index contributed by atoms with van der Waals surface area (Å²) in [6.07, 6.45) is 18.5. The van der Waals surface area contributed by atoms with E-state index in [4.69, 9.17) is 0 Å². The Morgan fingerprint density at radius 2 is 0.941 bits per heavy atom. The molecule has 0 aromatic heterocycles. The number of thioether (sulfide) groups is 1. The van der Waals surface area contributed by atoms with Crippen LogP contribution in [0.3, 0.4) is 0 Å². The zero-order valence-electron chi connectivity index (χ0n) is 11.2. The molecule has 0 aliphatic heterocycles. The lowest BCUT2D eigenvalue weighted by Crippen LogP contribution is -2.22. The second-order valence-corrected chi connectivity index (χ2v) is 8.23. The van der Waals surface area contributed by atoms with Crippen molar-refractivity contribution >= 4 is 11.8 Å². The van der Waals surface area contributed by atoms with Crippen LogP contribution in [-0.2, 0) is 0 Å². The van der Waals surface area contributed by atoms with Gasteiger partial charge in [0.05, 0.1) is 0 Å². The van der Waals surface area contributed by atoms with E-state index in [0.717, 1.165) is 22.3 Å². The van der Waals surface area contributed by atoms with Crippen LogP contribution in [0.1, 0.15) is 77.0 Å². The van der Waals surface area contributed by atoms with Crippen LogP contribution in [0.4, 0.5) is 0 Å². The van der Waals surface area contributed by atoms with Crippen molar-refractivity contribution < 1.29 is 0 Å². The standard InChI is InChI=1S/C16H28S/c1-2-6-13(5-1)14-9-11-16(12-10-14)17-15-7-3-4-8-15/h13-16H,1-12H2. The van der Waals surface area contributed by atoms with E-state index in [1.807, 2.05) is 0 Å². The molecule has 17 heavy (non-hydrogen) atoms. The van der Waals surface area contributed by atoms with Crippen LogP contribution in [-0.4, -0.2) is 10.5 Å². The maximum absolute atomic E-state index is 2.37. The third-order valence-corrected chi connectivity index (χ3v) is 7.19. The Hall–Kier alpha value is 0.350. The van der Waals surface area contributed by atoms with E-state index in [1.165, 1.54) is 38.5 Å². The summed E-state index contributed by atoms with van der Waals surface area (Å²) < 4.78 is 0. The Morgan fingerprint density at radius 1 is 0.471 bits per heavy atom. The summed E-state index contributed by atoms with van der Waals surface area (Å²) in [5.74, 6) is 2.25. The molecule has 0 spiro atoms. The van der Waals surface area contributed by atoms with Gasteiger partial charge < -0.3 is 0 Å². The third kappa shape index (κ3) is 3.22. The normalized spacial score (nSPS) is 36.7. The highest BCUT2D eigenvalue weighted by Gasteiger charge is 2.30. The van der Waals surface area contributed by atoms with Gasteiger partial charge in [-0.05, 0) is 50.4 Å². The molecule has 3 saturated carbocycles. The van der Waals surface area contributed by atoms with Crippen LogP contribution in [0, 0.1) is 11.8 Å². The fraction of sp³-hybridized carbons (Fsp3) is 1.00. The van der Waals surface area contributed by atoms with Crippen LogP contribution in [0.2, 0.25) is 0 Å². The molecular formula is C16H28S. The summed E-state index contributed by atoms with van der Waals surface area (Å²) in [5.41, 5.74) is 0. The molecule has 98 valence electrons. The van der Waals surface area contributed by atoms with E-state index in [9.17, 15) is 0 Å². The van der Waals surface area contributed by atoms with Crippen LogP contribution < -0.4 is 0 Å². The Labute approximate surface area is 111 Å². The first kappa shape index (κ1) is 12.4. The number of hydrogen-bond donors (Lipinski definition) is 0. The molecular weight excluding hydrogens is 224 g/mol. The number of hydrogen-bond acceptors (Lipinski definition) is 1. The average molecular weight is 252 g/mol. The molecule has 0 atom stereocenters. The van der Waals surface area contributed by atoms with Crippen molar-refractivity contribution in [3.05, 3.63) is 0 Å². The topological polar surface area (TPSA) is 0 Å². The Kier molecular flexibility index (Phi) is 4.37. The van der Waals surface area contributed by atoms with E-state index in [0.29, 0.717) is 0 Å². The van der Waals surface area contributed by atoms with Crippen molar-refractivity contribution in [1.82, 2.24) is 0 Å². The Morgan fingerprint density at radius 3 is 1.59 bits per heavy atom. The smallest absolute Gasteiger partial charge is 0.00500 e. The molecule has 0 saturated heterocycles. The van der Waals surface area contributed by atoms with Gasteiger partial charge in [-0.25, -0.2) is 0 Å². The van der Waals surface area contributed by atoms with Crippen LogP contribution in [0.15, 0.2) is 0 Å². The molecule has 0 heterocycles. The van der Waals surface area contributed by atoms with Crippen molar-refractivity contribution in [1.29, 1.82) is 0 Å². The summed E-state index contributed by atoms with van der Waals surface area (Å²) >= 11 is 2.37. The van der Waals surface area contributed by atoms with Gasteiger partial charge in [0.15, 0.2) is 0 Å². The summed E-state index contributed by atoms with van der Waals surface area (Å²) in [7, 11) is 0. The molecule has 0 amide bonds. The first-order valence-electron chi connectivity index (χ1n) is 8.07. The molecule has 0 nitrogen and oxygen atoms in total. The van der Waals surface area contributed by atoms with Crippen molar-refractivity contribution in [3.63, 3.8) is 0 Å². The third-order valence-electron chi connectivity index (χ3n) is 5.47. The minimum atomic E-state index is 1.04. The highest BCUT2D eigenvalue weighted by Crippen LogP contribution is 2.44. The predicted molar refractivity (Wildman–Crippen MR) is 77.6 cm³/mol. The largest absolute Gasteiger partial charge is 0.155 e. The summed E-state index contributed by atoms with van der Waals surface area (Å²) in [6, 6.07) is 0. The van der Waals surface area contributed by atoms with E-state index < -0.39 is 0 Å². The predicted octanol–water partition coefficient (Wildman–Crippen LogP) is 5.41. The highest BCUT2D eigenvalue weighted by molar-refractivity contribution is 8.00. The van der Waals surface area contributed by atoms with Crippen molar-refractivity contribution in [2.24, 2.45) is 11.8 Å². The second kappa shape index (κ2) is 5.99. The fourth-order valence-electron chi connectivity index (χ4n) is 4.42. The lowest BCUT2D eigenvalue weighted by atomic mass is 9.79. The molecule has 3 aliphatic carbocycles. The summed E-state index contributed by atoms with van der Waals surface area (Å²) in [6.45, 7) is 0. The fourth-order valence-corrected chi connectivity index (χ4v) is 6.12. The SMILES string of the molecule is C1CCC(SC2CCC(C3CCCC3)CC2)C1. The van der Waals surface area contributed by atoms with E-state index in [-0.39, 0.29) is 0 Å². The Balaban J connectivity index is 1.40. The molecule has 3 aliphatic rings. The molecule has 3 rings (SSSR count). The Bertz CT molecular complexity index is 218. The molecule has 0 bridgehead atoms. The minimum Gasteiger partial charge on any atom is -0.155 e. The van der Waals surface area contributed by atoms with Crippen molar-refractivity contribution in [2.75, 3.05) is 0 Å². The van der Waals surface area contributed by atoms with Crippen molar-refractivity contribution in [2.45, 2.75) is 87.5 Å². The maximum Gasteiger partial charge on any atom is 0.00500 e. The molecule has 0 unspecified atom stereocenters. The molecule has 3 fully saturated rings. The lowest BCUT2D eigenvalue weighted by Gasteiger charge is -2.33. The van der Waals surface area contributed by atoms with Gasteiger partial charge >= 0.3 is 0 Å².